The summed E-state index contributed by atoms with van der Waals surface area (Å²) in [6.45, 7) is 0. The number of rotatable bonds is 0. The van der Waals surface area contributed by atoms with Crippen LogP contribution in [0.4, 0.5) is 0 Å². The zero-order valence-corrected chi connectivity index (χ0v) is 4.87. The first-order valence-corrected chi connectivity index (χ1v) is 2.51. The zero-order chi connectivity index (χ0) is 7.72. The molecule has 5 heteroatoms. The molecule has 0 aromatic carbocycles. The Bertz CT molecular complexity index is 236. The third-order valence-electron chi connectivity index (χ3n) is 1.04. The van der Waals surface area contributed by atoms with Gasteiger partial charge in [-0.2, -0.15) is 0 Å². The van der Waals surface area contributed by atoms with Gasteiger partial charge >= 0.3 is 51.4 Å². The second-order valence-corrected chi connectivity index (χ2v) is 1.79. The molecule has 1 aliphatic carbocycles. The van der Waals surface area contributed by atoms with E-state index in [1.807, 2.05) is 0 Å². The number of hydrogen-bond donors (Lipinski definition) is 2. The van der Waals surface area contributed by atoms with Crippen molar-refractivity contribution in [2.45, 2.75) is 0 Å². The van der Waals surface area contributed by atoms with Crippen molar-refractivity contribution in [2.75, 3.05) is 0 Å². The molecule has 4 nitrogen and oxygen atoms in total. The molecule has 1 rings (SSSR count). The van der Waals surface area contributed by atoms with E-state index in [1.54, 1.807) is 0 Å². The second kappa shape index (κ2) is 4.17. The predicted molar refractivity (Wildman–Crippen MR) is 38.6 cm³/mol. The van der Waals surface area contributed by atoms with E-state index in [0.717, 1.165) is 0 Å². The molecule has 2 N–H and O–H groups in total. The van der Waals surface area contributed by atoms with Crippen LogP contribution in [0.5, 0.6) is 0 Å². The standard InChI is InChI=1S/C6H4O4.K.H/c7-3-1-4(8)6(10)2-5(3)9;;/h1-2,7,10H;;. The van der Waals surface area contributed by atoms with Crippen molar-refractivity contribution in [3.8, 4) is 0 Å². The Morgan fingerprint density at radius 3 is 1.45 bits per heavy atom. The van der Waals surface area contributed by atoms with Gasteiger partial charge in [-0.05, 0) is 0 Å². The summed E-state index contributed by atoms with van der Waals surface area (Å²) in [6.07, 6.45) is 1.36. The molecule has 0 amide bonds. The van der Waals surface area contributed by atoms with E-state index in [4.69, 9.17) is 10.2 Å². The van der Waals surface area contributed by atoms with E-state index in [0.29, 0.717) is 12.2 Å². The first-order chi connectivity index (χ1) is 4.61. The predicted octanol–water partition coefficient (Wildman–Crippen LogP) is -0.627. The van der Waals surface area contributed by atoms with Crippen LogP contribution in [0.2, 0.25) is 0 Å². The third-order valence-corrected chi connectivity index (χ3v) is 1.04. The number of aliphatic hydroxyl groups excluding tert-OH is 2. The first kappa shape index (κ1) is 11.1. The number of carbonyl (C=O) groups excluding carboxylic acids is 2. The van der Waals surface area contributed by atoms with Gasteiger partial charge in [0.25, 0.3) is 0 Å². The molecule has 0 atom stereocenters. The Morgan fingerprint density at radius 2 is 1.18 bits per heavy atom. The molecule has 0 aromatic heterocycles. The minimum absolute atomic E-state index is 0. The molecule has 0 saturated heterocycles. The van der Waals surface area contributed by atoms with Crippen LogP contribution in [0.15, 0.2) is 23.7 Å². The fourth-order valence-electron chi connectivity index (χ4n) is 0.538. The van der Waals surface area contributed by atoms with Crippen molar-refractivity contribution in [3.63, 3.8) is 0 Å². The average molecular weight is 180 g/mol. The minimum atomic E-state index is -0.753. The van der Waals surface area contributed by atoms with E-state index in [-0.39, 0.29) is 51.4 Å². The first-order valence-electron chi connectivity index (χ1n) is 2.51. The number of hydrogen-bond acceptors (Lipinski definition) is 4. The van der Waals surface area contributed by atoms with Gasteiger partial charge in [-0.25, -0.2) is 0 Å². The summed E-state index contributed by atoms with van der Waals surface area (Å²) in [4.78, 5) is 20.9. The molecular formula is C6H5KO4. The molecule has 0 aliphatic heterocycles. The Labute approximate surface area is 105 Å². The Balaban J connectivity index is 0.000001000. The quantitative estimate of drug-likeness (QED) is 0.384. The molecule has 0 aromatic rings. The molecule has 1 aliphatic rings. The van der Waals surface area contributed by atoms with Gasteiger partial charge in [0, 0.05) is 12.2 Å². The summed E-state index contributed by atoms with van der Waals surface area (Å²) in [7, 11) is 0. The van der Waals surface area contributed by atoms with Crippen molar-refractivity contribution in [2.24, 2.45) is 0 Å². The van der Waals surface area contributed by atoms with Crippen LogP contribution in [-0.4, -0.2) is 73.2 Å². The van der Waals surface area contributed by atoms with Gasteiger partial charge in [0.15, 0.2) is 11.5 Å². The Morgan fingerprint density at radius 1 is 0.909 bits per heavy atom. The maximum absolute atomic E-state index is 10.4. The normalized spacial score (nSPS) is 16.7. The summed E-state index contributed by atoms with van der Waals surface area (Å²) in [5, 5.41) is 17.2. The number of carbonyl (C=O) groups is 2. The summed E-state index contributed by atoms with van der Waals surface area (Å²) in [6, 6.07) is 0. The number of allylic oxidation sites excluding steroid dienone is 2. The molecule has 0 fully saturated rings. The molecule has 0 spiro atoms. The van der Waals surface area contributed by atoms with Crippen molar-refractivity contribution >= 4 is 63.0 Å². The number of ketones is 2. The van der Waals surface area contributed by atoms with Crippen LogP contribution in [0.1, 0.15) is 0 Å². The second-order valence-electron chi connectivity index (χ2n) is 1.79. The van der Waals surface area contributed by atoms with Crippen molar-refractivity contribution in [3.05, 3.63) is 23.7 Å². The Kier molecular flexibility index (Phi) is 4.20. The van der Waals surface area contributed by atoms with Gasteiger partial charge in [0.1, 0.15) is 0 Å². The average Bonchev–Trinajstić information content (AvgIpc) is 1.84. The van der Waals surface area contributed by atoms with Gasteiger partial charge < -0.3 is 10.2 Å². The van der Waals surface area contributed by atoms with Gasteiger partial charge in [0.2, 0.25) is 11.6 Å². The topological polar surface area (TPSA) is 74.6 Å². The van der Waals surface area contributed by atoms with Gasteiger partial charge in [-0.15, -0.1) is 0 Å². The summed E-state index contributed by atoms with van der Waals surface area (Å²) >= 11 is 0. The van der Waals surface area contributed by atoms with Crippen LogP contribution in [-0.2, 0) is 9.59 Å². The van der Waals surface area contributed by atoms with Gasteiger partial charge in [-0.1, -0.05) is 0 Å². The molecule has 0 unspecified atom stereocenters. The van der Waals surface area contributed by atoms with Crippen LogP contribution >= 0.6 is 0 Å². The SMILES string of the molecule is O=C1C=C(O)C(=O)C=C1O.[KH]. The van der Waals surface area contributed by atoms with Crippen LogP contribution in [0.3, 0.4) is 0 Å². The zero-order valence-electron chi connectivity index (χ0n) is 4.87. The van der Waals surface area contributed by atoms with Gasteiger partial charge in [-0.3, -0.25) is 9.59 Å². The summed E-state index contributed by atoms with van der Waals surface area (Å²) in [5.41, 5.74) is 0. The molecule has 54 valence electrons. The van der Waals surface area contributed by atoms with E-state index in [1.165, 1.54) is 0 Å². The third kappa shape index (κ3) is 2.53. The molecule has 11 heavy (non-hydrogen) atoms. The van der Waals surface area contributed by atoms with Crippen molar-refractivity contribution in [1.29, 1.82) is 0 Å². The Hall–Kier alpha value is 0.0564. The molecular weight excluding hydrogens is 175 g/mol. The van der Waals surface area contributed by atoms with Crippen molar-refractivity contribution < 1.29 is 19.8 Å². The summed E-state index contributed by atoms with van der Waals surface area (Å²) < 4.78 is 0. The van der Waals surface area contributed by atoms with Crippen molar-refractivity contribution in [1.82, 2.24) is 0 Å². The van der Waals surface area contributed by atoms with E-state index in [2.05, 4.69) is 0 Å². The fraction of sp³-hybridized carbons (Fsp3) is 0. The molecule has 0 heterocycles. The maximum atomic E-state index is 10.4. The van der Waals surface area contributed by atoms with E-state index >= 15 is 0 Å². The van der Waals surface area contributed by atoms with Crippen LogP contribution < -0.4 is 0 Å². The fourth-order valence-corrected chi connectivity index (χ4v) is 0.538. The molecule has 0 saturated carbocycles. The van der Waals surface area contributed by atoms with E-state index in [9.17, 15) is 9.59 Å². The monoisotopic (exact) mass is 180 g/mol. The van der Waals surface area contributed by atoms with Crippen LogP contribution in [0, 0.1) is 0 Å². The summed E-state index contributed by atoms with van der Waals surface area (Å²) in [5.74, 6) is -2.78. The molecule has 0 bridgehead atoms. The molecule has 0 radical (unpaired) electrons. The van der Waals surface area contributed by atoms with Gasteiger partial charge in [0.05, 0.1) is 0 Å². The number of aliphatic hydroxyl groups is 2. The van der Waals surface area contributed by atoms with E-state index < -0.39 is 23.1 Å². The van der Waals surface area contributed by atoms with Crippen LogP contribution in [0.25, 0.3) is 0 Å².